The highest BCUT2D eigenvalue weighted by Gasteiger charge is 2.49. The molecule has 6 atom stereocenters. The minimum absolute atomic E-state index is 0.0963. The van der Waals surface area contributed by atoms with E-state index >= 15 is 0 Å². The SMILES string of the molecule is C[C@H]1[C@H](O[C@H](C)C(=O)O)[C@@H](N=[N+]=[N-])[C@@H]2OC[C@H]1O2. The summed E-state index contributed by atoms with van der Waals surface area (Å²) >= 11 is 0. The quantitative estimate of drug-likeness (QED) is 0.457. The van der Waals surface area contributed by atoms with E-state index in [9.17, 15) is 4.79 Å². The van der Waals surface area contributed by atoms with Gasteiger partial charge in [-0.2, -0.15) is 0 Å². The van der Waals surface area contributed by atoms with Crippen molar-refractivity contribution in [3.63, 3.8) is 0 Å². The van der Waals surface area contributed by atoms with Crippen LogP contribution in [0.4, 0.5) is 0 Å². The Bertz CT molecular complexity index is 384. The van der Waals surface area contributed by atoms with E-state index in [1.165, 1.54) is 6.92 Å². The molecule has 18 heavy (non-hydrogen) atoms. The zero-order valence-electron chi connectivity index (χ0n) is 10.1. The fraction of sp³-hybridized carbons (Fsp3) is 0.900. The van der Waals surface area contributed by atoms with Crippen LogP contribution < -0.4 is 0 Å². The number of azide groups is 1. The van der Waals surface area contributed by atoms with Crippen LogP contribution >= 0.6 is 0 Å². The standard InChI is InChI=1S/C10H15N3O5/c1-4-6-3-16-10(18-6)7(12-13-11)8(4)17-5(2)9(14)15/h4-8,10H,3H2,1-2H3,(H,14,15)/t4-,5-,6-,7-,8+,10-/m1/s1. The third kappa shape index (κ3) is 2.28. The summed E-state index contributed by atoms with van der Waals surface area (Å²) < 4.78 is 16.4. The van der Waals surface area contributed by atoms with Gasteiger partial charge in [0.15, 0.2) is 12.4 Å². The summed E-state index contributed by atoms with van der Waals surface area (Å²) in [5.41, 5.74) is 8.57. The lowest BCUT2D eigenvalue weighted by Gasteiger charge is -2.38. The molecule has 0 aromatic carbocycles. The van der Waals surface area contributed by atoms with Crippen LogP contribution in [0.5, 0.6) is 0 Å². The van der Waals surface area contributed by atoms with Gasteiger partial charge in [-0.3, -0.25) is 0 Å². The molecule has 2 aliphatic rings. The van der Waals surface area contributed by atoms with Crippen LogP contribution in [-0.4, -0.2) is 48.3 Å². The highest BCUT2D eigenvalue weighted by atomic mass is 16.7. The highest BCUT2D eigenvalue weighted by molar-refractivity contribution is 5.71. The Balaban J connectivity index is 2.17. The summed E-state index contributed by atoms with van der Waals surface area (Å²) in [5.74, 6) is -1.15. The van der Waals surface area contributed by atoms with Crippen molar-refractivity contribution < 1.29 is 24.1 Å². The van der Waals surface area contributed by atoms with Crippen LogP contribution in [-0.2, 0) is 19.0 Å². The second kappa shape index (κ2) is 5.11. The van der Waals surface area contributed by atoms with E-state index in [1.54, 1.807) is 0 Å². The van der Waals surface area contributed by atoms with Gasteiger partial charge in [-0.05, 0) is 12.5 Å². The molecule has 2 rings (SSSR count). The van der Waals surface area contributed by atoms with E-state index in [-0.39, 0.29) is 12.0 Å². The molecule has 2 saturated heterocycles. The maximum atomic E-state index is 10.8. The zero-order chi connectivity index (χ0) is 13.3. The normalized spacial score (nSPS) is 40.0. The Labute approximate surface area is 103 Å². The molecule has 2 aliphatic heterocycles. The minimum atomic E-state index is -1.05. The number of carbonyl (C=O) groups is 1. The molecule has 1 N–H and O–H groups in total. The van der Waals surface area contributed by atoms with E-state index < -0.39 is 30.5 Å². The Morgan fingerprint density at radius 2 is 2.39 bits per heavy atom. The molecule has 0 radical (unpaired) electrons. The lowest BCUT2D eigenvalue weighted by Crippen LogP contribution is -2.51. The first-order valence-corrected chi connectivity index (χ1v) is 5.74. The van der Waals surface area contributed by atoms with Gasteiger partial charge in [0.25, 0.3) is 0 Å². The third-order valence-corrected chi connectivity index (χ3v) is 3.35. The highest BCUT2D eigenvalue weighted by Crippen LogP contribution is 2.36. The number of hydrogen-bond acceptors (Lipinski definition) is 5. The Morgan fingerprint density at radius 1 is 1.67 bits per heavy atom. The van der Waals surface area contributed by atoms with Gasteiger partial charge in [0.2, 0.25) is 0 Å². The monoisotopic (exact) mass is 257 g/mol. The summed E-state index contributed by atoms with van der Waals surface area (Å²) in [6.45, 7) is 3.72. The molecule has 0 aliphatic carbocycles. The summed E-state index contributed by atoms with van der Waals surface area (Å²) in [7, 11) is 0. The molecule has 2 bridgehead atoms. The molecule has 0 spiro atoms. The number of rotatable bonds is 4. The molecule has 2 fully saturated rings. The number of hydrogen-bond donors (Lipinski definition) is 1. The first kappa shape index (κ1) is 13.1. The lowest BCUT2D eigenvalue weighted by atomic mass is 9.91. The number of carboxylic acid groups (broad SMARTS) is 1. The van der Waals surface area contributed by atoms with Gasteiger partial charge in [0.05, 0.1) is 18.8 Å². The summed E-state index contributed by atoms with van der Waals surface area (Å²) in [4.78, 5) is 13.6. The Hall–Kier alpha value is -1.34. The zero-order valence-corrected chi connectivity index (χ0v) is 10.1. The molecule has 0 amide bonds. The van der Waals surface area contributed by atoms with Crippen LogP contribution in [0.2, 0.25) is 0 Å². The second-order valence-corrected chi connectivity index (χ2v) is 4.51. The van der Waals surface area contributed by atoms with Crippen LogP contribution in [0.1, 0.15) is 13.8 Å². The molecular weight excluding hydrogens is 242 g/mol. The maximum absolute atomic E-state index is 10.8. The van der Waals surface area contributed by atoms with Gasteiger partial charge in [0, 0.05) is 10.8 Å². The molecule has 0 aromatic rings. The van der Waals surface area contributed by atoms with Gasteiger partial charge < -0.3 is 19.3 Å². The van der Waals surface area contributed by atoms with Gasteiger partial charge in [-0.25, -0.2) is 4.79 Å². The lowest BCUT2D eigenvalue weighted by molar-refractivity contribution is -0.188. The smallest absolute Gasteiger partial charge is 0.332 e. The molecule has 0 aromatic heterocycles. The molecule has 2 heterocycles. The van der Waals surface area contributed by atoms with E-state index in [4.69, 9.17) is 24.8 Å². The second-order valence-electron chi connectivity index (χ2n) is 4.51. The summed E-state index contributed by atoms with van der Waals surface area (Å²) in [6, 6.07) is -0.662. The van der Waals surface area contributed by atoms with Gasteiger partial charge >= 0.3 is 5.97 Å². The fourth-order valence-electron chi connectivity index (χ4n) is 2.25. The minimum Gasteiger partial charge on any atom is -0.479 e. The van der Waals surface area contributed by atoms with Crippen molar-refractivity contribution in [3.8, 4) is 0 Å². The maximum Gasteiger partial charge on any atom is 0.332 e. The number of nitrogens with zero attached hydrogens (tertiary/aromatic N) is 3. The van der Waals surface area contributed by atoms with Crippen molar-refractivity contribution >= 4 is 5.97 Å². The first-order chi connectivity index (χ1) is 8.54. The van der Waals surface area contributed by atoms with Gasteiger partial charge in [0.1, 0.15) is 6.04 Å². The van der Waals surface area contributed by atoms with Crippen LogP contribution in [0, 0.1) is 5.92 Å². The predicted octanol–water partition coefficient (Wildman–Crippen LogP) is 0.915. The van der Waals surface area contributed by atoms with Crippen molar-refractivity contribution in [3.05, 3.63) is 10.4 Å². The van der Waals surface area contributed by atoms with E-state index in [1.807, 2.05) is 6.92 Å². The van der Waals surface area contributed by atoms with Crippen molar-refractivity contribution in [1.82, 2.24) is 0 Å². The van der Waals surface area contributed by atoms with E-state index in [0.29, 0.717) is 6.61 Å². The molecule has 0 saturated carbocycles. The predicted molar refractivity (Wildman–Crippen MR) is 58.7 cm³/mol. The Morgan fingerprint density at radius 3 is 3.00 bits per heavy atom. The van der Waals surface area contributed by atoms with Crippen LogP contribution in [0.25, 0.3) is 10.4 Å². The average molecular weight is 257 g/mol. The molecule has 100 valence electrons. The Kier molecular flexibility index (Phi) is 3.72. The fourth-order valence-corrected chi connectivity index (χ4v) is 2.25. The van der Waals surface area contributed by atoms with Gasteiger partial charge in [-0.1, -0.05) is 12.0 Å². The number of ether oxygens (including phenoxy) is 3. The number of aliphatic carboxylic acids is 1. The third-order valence-electron chi connectivity index (χ3n) is 3.35. The molecule has 0 unspecified atom stereocenters. The van der Waals surface area contributed by atoms with Crippen LogP contribution in [0.15, 0.2) is 5.11 Å². The molecule has 8 nitrogen and oxygen atoms in total. The average Bonchev–Trinajstić information content (AvgIpc) is 2.77. The topological polar surface area (TPSA) is 114 Å². The number of carboxylic acids is 1. The molecule has 8 heteroatoms. The summed E-state index contributed by atoms with van der Waals surface area (Å²) in [5, 5.41) is 12.5. The van der Waals surface area contributed by atoms with E-state index in [0.717, 1.165) is 0 Å². The summed E-state index contributed by atoms with van der Waals surface area (Å²) in [6.07, 6.45) is -2.27. The van der Waals surface area contributed by atoms with E-state index in [2.05, 4.69) is 10.0 Å². The number of fused-ring (bicyclic) bond motifs is 2. The van der Waals surface area contributed by atoms with Crippen LogP contribution in [0.3, 0.4) is 0 Å². The first-order valence-electron chi connectivity index (χ1n) is 5.74. The van der Waals surface area contributed by atoms with Crippen molar-refractivity contribution in [2.24, 2.45) is 11.0 Å². The molecular formula is C10H15N3O5. The van der Waals surface area contributed by atoms with Crippen molar-refractivity contribution in [1.29, 1.82) is 0 Å². The van der Waals surface area contributed by atoms with Crippen molar-refractivity contribution in [2.45, 2.75) is 44.5 Å². The largest absolute Gasteiger partial charge is 0.479 e. The van der Waals surface area contributed by atoms with Crippen molar-refractivity contribution in [2.75, 3.05) is 6.61 Å². The van der Waals surface area contributed by atoms with Gasteiger partial charge in [-0.15, -0.1) is 0 Å².